The third-order valence-corrected chi connectivity index (χ3v) is 5.88. The van der Waals surface area contributed by atoms with E-state index in [0.29, 0.717) is 31.6 Å². The Hall–Kier alpha value is -2.48. The van der Waals surface area contributed by atoms with Crippen LogP contribution in [0.25, 0.3) is 0 Å². The van der Waals surface area contributed by atoms with Crippen molar-refractivity contribution in [1.82, 2.24) is 10.6 Å². The lowest BCUT2D eigenvalue weighted by Gasteiger charge is -2.40. The van der Waals surface area contributed by atoms with Gasteiger partial charge in [-0.05, 0) is 56.6 Å². The van der Waals surface area contributed by atoms with Crippen molar-refractivity contribution < 1.29 is 19.2 Å². The van der Waals surface area contributed by atoms with Crippen LogP contribution in [0, 0.1) is 16.0 Å². The van der Waals surface area contributed by atoms with E-state index in [0.717, 1.165) is 12.3 Å². The van der Waals surface area contributed by atoms with Gasteiger partial charge in [-0.25, -0.2) is 0 Å². The summed E-state index contributed by atoms with van der Waals surface area (Å²) in [5.41, 5.74) is -0.323. The Morgan fingerprint density at radius 1 is 1.24 bits per heavy atom. The second kappa shape index (κ2) is 10.3. The summed E-state index contributed by atoms with van der Waals surface area (Å²) in [6.45, 7) is 0.252. The number of nitro groups is 1. The third kappa shape index (κ3) is 5.76. The molecule has 1 saturated carbocycles. The lowest BCUT2D eigenvalue weighted by Crippen LogP contribution is -2.56. The molecule has 8 nitrogen and oxygen atoms in total. The average Bonchev–Trinajstić information content (AvgIpc) is 2.73. The number of piperidine rings is 1. The molecular weight excluding hydrogens is 374 g/mol. The molecule has 3 rings (SSSR count). The number of aldehydes is 1. The SMILES string of the molecule is O=Cc1cccc(OCCCCC(=O)NC2CCC3CCCCC3N2)c1[N+](=O)[O-]. The molecule has 0 radical (unpaired) electrons. The van der Waals surface area contributed by atoms with Gasteiger partial charge in [0.25, 0.3) is 0 Å². The Bertz CT molecular complexity index is 739. The van der Waals surface area contributed by atoms with Gasteiger partial charge >= 0.3 is 5.69 Å². The zero-order valence-electron chi connectivity index (χ0n) is 16.6. The molecule has 3 unspecified atom stereocenters. The van der Waals surface area contributed by atoms with Gasteiger partial charge in [-0.2, -0.15) is 0 Å². The van der Waals surface area contributed by atoms with Crippen molar-refractivity contribution in [3.05, 3.63) is 33.9 Å². The molecular formula is C21H29N3O5. The van der Waals surface area contributed by atoms with Crippen LogP contribution < -0.4 is 15.4 Å². The predicted octanol–water partition coefficient (Wildman–Crippen LogP) is 3.34. The fourth-order valence-corrected chi connectivity index (χ4v) is 4.39. The van der Waals surface area contributed by atoms with Crippen LogP contribution in [0.15, 0.2) is 18.2 Å². The third-order valence-electron chi connectivity index (χ3n) is 5.88. The second-order valence-electron chi connectivity index (χ2n) is 7.89. The summed E-state index contributed by atoms with van der Waals surface area (Å²) in [5.74, 6) is 0.860. The quantitative estimate of drug-likeness (QED) is 0.283. The molecule has 158 valence electrons. The molecule has 1 amide bonds. The van der Waals surface area contributed by atoms with Gasteiger partial charge in [0.15, 0.2) is 12.0 Å². The number of nitrogens with zero attached hydrogens (tertiary/aromatic N) is 1. The summed E-state index contributed by atoms with van der Waals surface area (Å²) in [4.78, 5) is 33.7. The minimum absolute atomic E-state index is 0.00735. The van der Waals surface area contributed by atoms with Gasteiger partial charge in [0.05, 0.1) is 23.3 Å². The zero-order valence-corrected chi connectivity index (χ0v) is 16.6. The maximum atomic E-state index is 12.2. The molecule has 2 fully saturated rings. The highest BCUT2D eigenvalue weighted by molar-refractivity contribution is 5.83. The molecule has 1 aromatic carbocycles. The molecule has 3 atom stereocenters. The summed E-state index contributed by atoms with van der Waals surface area (Å²) < 4.78 is 5.49. The number of benzene rings is 1. The number of hydrogen-bond donors (Lipinski definition) is 2. The van der Waals surface area contributed by atoms with E-state index in [1.807, 2.05) is 0 Å². The monoisotopic (exact) mass is 403 g/mol. The first-order valence-electron chi connectivity index (χ1n) is 10.5. The number of nitrogens with one attached hydrogen (secondary N) is 2. The van der Waals surface area contributed by atoms with Crippen molar-refractivity contribution in [1.29, 1.82) is 0 Å². The van der Waals surface area contributed by atoms with Gasteiger partial charge in [0.1, 0.15) is 0 Å². The molecule has 0 bridgehead atoms. The van der Waals surface area contributed by atoms with Crippen molar-refractivity contribution in [2.75, 3.05) is 6.61 Å². The van der Waals surface area contributed by atoms with Gasteiger partial charge in [-0.15, -0.1) is 0 Å². The molecule has 8 heteroatoms. The van der Waals surface area contributed by atoms with Crippen molar-refractivity contribution >= 4 is 17.9 Å². The van der Waals surface area contributed by atoms with Gasteiger partial charge in [-0.3, -0.25) is 25.0 Å². The van der Waals surface area contributed by atoms with E-state index < -0.39 is 4.92 Å². The average molecular weight is 403 g/mol. The molecule has 2 N–H and O–H groups in total. The van der Waals surface area contributed by atoms with Gasteiger partial charge < -0.3 is 10.1 Å². The van der Waals surface area contributed by atoms with E-state index in [1.54, 1.807) is 6.07 Å². The molecule has 2 aliphatic rings. The maximum Gasteiger partial charge on any atom is 0.321 e. The van der Waals surface area contributed by atoms with E-state index in [1.165, 1.54) is 44.2 Å². The van der Waals surface area contributed by atoms with Crippen molar-refractivity contribution in [3.63, 3.8) is 0 Å². The molecule has 1 saturated heterocycles. The number of hydrogen-bond acceptors (Lipinski definition) is 6. The molecule has 1 aromatic rings. The lowest BCUT2D eigenvalue weighted by atomic mass is 9.79. The molecule has 0 aromatic heterocycles. The summed E-state index contributed by atoms with van der Waals surface area (Å²) in [6, 6.07) is 4.95. The molecule has 1 aliphatic heterocycles. The van der Waals surface area contributed by atoms with E-state index >= 15 is 0 Å². The number of unbranched alkanes of at least 4 members (excludes halogenated alkanes) is 1. The number of nitro benzene ring substituents is 1. The number of fused-ring (bicyclic) bond motifs is 1. The largest absolute Gasteiger partial charge is 0.487 e. The number of para-hydroxylation sites is 1. The van der Waals surface area contributed by atoms with Crippen molar-refractivity contribution in [2.24, 2.45) is 5.92 Å². The zero-order chi connectivity index (χ0) is 20.6. The summed E-state index contributed by atoms with van der Waals surface area (Å²) in [7, 11) is 0. The maximum absolute atomic E-state index is 12.2. The number of rotatable bonds is 9. The second-order valence-corrected chi connectivity index (χ2v) is 7.89. The first-order valence-corrected chi connectivity index (χ1v) is 10.5. The van der Waals surface area contributed by atoms with Crippen LogP contribution in [0.5, 0.6) is 5.75 Å². The van der Waals surface area contributed by atoms with E-state index in [-0.39, 0.29) is 35.7 Å². The lowest BCUT2D eigenvalue weighted by molar-refractivity contribution is -0.386. The van der Waals surface area contributed by atoms with Gasteiger partial charge in [0, 0.05) is 12.5 Å². The molecule has 0 spiro atoms. The Kier molecular flexibility index (Phi) is 7.57. The Morgan fingerprint density at radius 2 is 2.07 bits per heavy atom. The number of carbonyl (C=O) groups is 2. The highest BCUT2D eigenvalue weighted by Gasteiger charge is 2.31. The normalized spacial score (nSPS) is 23.7. The van der Waals surface area contributed by atoms with Crippen molar-refractivity contribution in [2.45, 2.75) is 70.0 Å². The number of amides is 1. The summed E-state index contributed by atoms with van der Waals surface area (Å²) in [6.07, 6.45) is 9.38. The Labute approximate surface area is 170 Å². The van der Waals surface area contributed by atoms with Crippen LogP contribution in [-0.4, -0.2) is 35.9 Å². The highest BCUT2D eigenvalue weighted by atomic mass is 16.6. The van der Waals surface area contributed by atoms with Crippen molar-refractivity contribution in [3.8, 4) is 5.75 Å². The van der Waals surface area contributed by atoms with Crippen LogP contribution in [0.4, 0.5) is 5.69 Å². The van der Waals surface area contributed by atoms with Crippen LogP contribution >= 0.6 is 0 Å². The fraction of sp³-hybridized carbons (Fsp3) is 0.619. The van der Waals surface area contributed by atoms with E-state index in [2.05, 4.69) is 10.6 Å². The smallest absolute Gasteiger partial charge is 0.321 e. The van der Waals surface area contributed by atoms with Gasteiger partial charge in [0.2, 0.25) is 5.91 Å². The Balaban J connectivity index is 1.36. The topological polar surface area (TPSA) is 111 Å². The summed E-state index contributed by atoms with van der Waals surface area (Å²) >= 11 is 0. The van der Waals surface area contributed by atoms with E-state index in [9.17, 15) is 19.7 Å². The molecule has 1 aliphatic carbocycles. The summed E-state index contributed by atoms with van der Waals surface area (Å²) in [5, 5.41) is 17.8. The Morgan fingerprint density at radius 3 is 2.86 bits per heavy atom. The standard InChI is InChI=1S/C21H29N3O5/c25-14-16-7-5-9-18(21(16)24(27)28)29-13-4-3-10-20(26)23-19-12-11-15-6-1-2-8-17(15)22-19/h5,7,9,14-15,17,19,22H,1-4,6,8,10-13H2,(H,23,26). The number of carbonyl (C=O) groups excluding carboxylic acids is 2. The van der Waals surface area contributed by atoms with Crippen LogP contribution in [0.2, 0.25) is 0 Å². The minimum Gasteiger partial charge on any atom is -0.487 e. The van der Waals surface area contributed by atoms with Crippen LogP contribution in [0.1, 0.15) is 68.1 Å². The fourth-order valence-electron chi connectivity index (χ4n) is 4.39. The number of ether oxygens (including phenoxy) is 1. The first-order chi connectivity index (χ1) is 14.1. The minimum atomic E-state index is -0.611. The predicted molar refractivity (Wildman–Crippen MR) is 108 cm³/mol. The first kappa shape index (κ1) is 21.2. The molecule has 29 heavy (non-hydrogen) atoms. The van der Waals surface area contributed by atoms with Gasteiger partial charge in [-0.1, -0.05) is 18.9 Å². The van der Waals surface area contributed by atoms with Crippen LogP contribution in [0.3, 0.4) is 0 Å². The van der Waals surface area contributed by atoms with E-state index in [4.69, 9.17) is 4.74 Å². The molecule has 1 heterocycles. The van der Waals surface area contributed by atoms with Crippen LogP contribution in [-0.2, 0) is 4.79 Å². The highest BCUT2D eigenvalue weighted by Crippen LogP contribution is 2.32.